The molecule has 1 amide bonds. The Kier molecular flexibility index (Phi) is 7.21. The maximum absolute atomic E-state index is 13.3. The van der Waals surface area contributed by atoms with E-state index in [0.717, 1.165) is 30.2 Å². The maximum atomic E-state index is 13.3. The molecular weight excluding hydrogens is 444 g/mol. The van der Waals surface area contributed by atoms with Crippen molar-refractivity contribution < 1.29 is 19.1 Å². The smallest absolute Gasteiger partial charge is 0.224 e. The Balaban J connectivity index is 1.49. The zero-order valence-corrected chi connectivity index (χ0v) is 19.9. The van der Waals surface area contributed by atoms with Crippen LogP contribution in [-0.2, 0) is 9.59 Å². The number of aromatic amines is 1. The number of fused-ring (bicyclic) bond motifs is 1. The fraction of sp³-hybridized carbons (Fsp3) is 0.519. The quantitative estimate of drug-likeness (QED) is 0.495. The van der Waals surface area contributed by atoms with Gasteiger partial charge in [-0.15, -0.1) is 0 Å². The average molecular weight is 475 g/mol. The van der Waals surface area contributed by atoms with Crippen molar-refractivity contribution in [1.82, 2.24) is 10.3 Å². The predicted octanol–water partition coefficient (Wildman–Crippen LogP) is 4.22. The van der Waals surface area contributed by atoms with Crippen LogP contribution >= 0.6 is 0 Å². The lowest BCUT2D eigenvalue weighted by molar-refractivity contribution is -0.127. The van der Waals surface area contributed by atoms with Gasteiger partial charge in [0.1, 0.15) is 17.6 Å². The Labute approximate surface area is 204 Å². The van der Waals surface area contributed by atoms with Crippen molar-refractivity contribution in [3.63, 3.8) is 0 Å². The summed E-state index contributed by atoms with van der Waals surface area (Å²) in [5.74, 6) is -0.827. The van der Waals surface area contributed by atoms with E-state index in [1.807, 2.05) is 18.2 Å². The summed E-state index contributed by atoms with van der Waals surface area (Å²) in [5.41, 5.74) is 0.535. The van der Waals surface area contributed by atoms with Gasteiger partial charge in [-0.25, -0.2) is 0 Å². The molecule has 0 radical (unpaired) electrons. The third-order valence-corrected chi connectivity index (χ3v) is 7.35. The van der Waals surface area contributed by atoms with Gasteiger partial charge in [-0.05, 0) is 56.7 Å². The molecule has 0 spiro atoms. The minimum absolute atomic E-state index is 0.0785. The van der Waals surface area contributed by atoms with Gasteiger partial charge < -0.3 is 15.0 Å². The van der Waals surface area contributed by atoms with E-state index in [9.17, 15) is 24.9 Å². The van der Waals surface area contributed by atoms with Gasteiger partial charge >= 0.3 is 0 Å². The van der Waals surface area contributed by atoms with Gasteiger partial charge in [-0.3, -0.25) is 14.4 Å². The first kappa shape index (κ1) is 24.5. The third-order valence-electron chi connectivity index (χ3n) is 7.35. The second kappa shape index (κ2) is 10.3. The molecule has 2 saturated carbocycles. The van der Waals surface area contributed by atoms with E-state index in [0.29, 0.717) is 30.7 Å². The molecule has 4 rings (SSSR count). The molecule has 1 aromatic heterocycles. The first-order chi connectivity index (χ1) is 16.9. The highest BCUT2D eigenvalue weighted by Gasteiger charge is 2.46. The second-order valence-corrected chi connectivity index (χ2v) is 9.86. The number of ketones is 2. The number of rotatable bonds is 10. The van der Waals surface area contributed by atoms with E-state index in [4.69, 9.17) is 4.74 Å². The molecule has 0 saturated heterocycles. The highest BCUT2D eigenvalue weighted by Crippen LogP contribution is 2.50. The Morgan fingerprint density at radius 1 is 1.29 bits per heavy atom. The summed E-state index contributed by atoms with van der Waals surface area (Å²) in [5, 5.41) is 22.8. The number of ether oxygens (including phenoxy) is 1. The number of hydrogen-bond donors (Lipinski definition) is 2. The van der Waals surface area contributed by atoms with Crippen molar-refractivity contribution in [1.29, 1.82) is 10.5 Å². The fourth-order valence-electron chi connectivity index (χ4n) is 5.05. The highest BCUT2D eigenvalue weighted by atomic mass is 16.5. The zero-order valence-electron chi connectivity index (χ0n) is 19.9. The Morgan fingerprint density at radius 2 is 2.09 bits per heavy atom. The molecule has 2 aliphatic rings. The summed E-state index contributed by atoms with van der Waals surface area (Å²) in [6, 6.07) is 10.8. The number of carbonyl (C=O) groups excluding carboxylic acids is 3. The van der Waals surface area contributed by atoms with Gasteiger partial charge in [0.05, 0.1) is 30.4 Å². The number of carbonyl (C=O) groups is 3. The summed E-state index contributed by atoms with van der Waals surface area (Å²) < 4.78 is 5.37. The molecule has 3 atom stereocenters. The Hall–Kier alpha value is -3.65. The number of benzene rings is 1. The molecule has 3 unspecified atom stereocenters. The van der Waals surface area contributed by atoms with Gasteiger partial charge in [-0.1, -0.05) is 12.5 Å². The summed E-state index contributed by atoms with van der Waals surface area (Å²) >= 11 is 0. The standard InChI is InChI=1S/C27H30N4O4/c1-35-25-8-4-6-21-20(25)13-22(31-21)24(33)12-18(14-27(16-29)9-10-27)26(34)30-19(15-28)11-17-5-2-3-7-23(17)32/h4,6,8,13,17-19,31H,2-3,5,7,9-12,14H2,1H3,(H,30,34). The summed E-state index contributed by atoms with van der Waals surface area (Å²) in [4.78, 5) is 41.8. The first-order valence-corrected chi connectivity index (χ1v) is 12.2. The maximum Gasteiger partial charge on any atom is 0.224 e. The highest BCUT2D eigenvalue weighted by molar-refractivity contribution is 6.02. The number of amides is 1. The van der Waals surface area contributed by atoms with E-state index >= 15 is 0 Å². The van der Waals surface area contributed by atoms with Gasteiger partial charge in [0, 0.05) is 35.6 Å². The normalized spacial score (nSPS) is 20.3. The van der Waals surface area contributed by atoms with Crippen LogP contribution in [0, 0.1) is 39.9 Å². The third kappa shape index (κ3) is 5.54. The van der Waals surface area contributed by atoms with Gasteiger partial charge in [0.25, 0.3) is 0 Å². The largest absolute Gasteiger partial charge is 0.496 e. The molecule has 2 fully saturated rings. The van der Waals surface area contributed by atoms with Crippen molar-refractivity contribution >= 4 is 28.4 Å². The van der Waals surface area contributed by atoms with Gasteiger partial charge in [-0.2, -0.15) is 10.5 Å². The van der Waals surface area contributed by atoms with Crippen LogP contribution in [0.25, 0.3) is 10.9 Å². The van der Waals surface area contributed by atoms with Crippen LogP contribution in [0.4, 0.5) is 0 Å². The number of aromatic nitrogens is 1. The van der Waals surface area contributed by atoms with E-state index in [-0.39, 0.29) is 36.7 Å². The van der Waals surface area contributed by atoms with Crippen LogP contribution < -0.4 is 10.1 Å². The number of nitrogens with zero attached hydrogens (tertiary/aromatic N) is 2. The molecule has 2 N–H and O–H groups in total. The SMILES string of the molecule is COc1cccc2[nH]c(C(=O)CC(CC3(C#N)CC3)C(=O)NC(C#N)CC3CCCCC3=O)cc12. The number of Topliss-reactive ketones (excluding diaryl/α,β-unsaturated/α-hetero) is 2. The molecule has 0 bridgehead atoms. The van der Waals surface area contributed by atoms with E-state index in [1.54, 1.807) is 13.2 Å². The Morgan fingerprint density at radius 3 is 2.74 bits per heavy atom. The van der Waals surface area contributed by atoms with Crippen molar-refractivity contribution in [2.75, 3.05) is 7.11 Å². The van der Waals surface area contributed by atoms with Crippen LogP contribution in [0.2, 0.25) is 0 Å². The van der Waals surface area contributed by atoms with Crippen molar-refractivity contribution in [3.05, 3.63) is 30.0 Å². The van der Waals surface area contributed by atoms with Crippen LogP contribution in [-0.4, -0.2) is 35.6 Å². The molecule has 2 aromatic rings. The number of methoxy groups -OCH3 is 1. The molecular formula is C27H30N4O4. The Bertz CT molecular complexity index is 1210. The predicted molar refractivity (Wildman–Crippen MR) is 128 cm³/mol. The van der Waals surface area contributed by atoms with Crippen LogP contribution in [0.3, 0.4) is 0 Å². The molecule has 2 aliphatic carbocycles. The van der Waals surface area contributed by atoms with E-state index < -0.39 is 23.3 Å². The van der Waals surface area contributed by atoms with Gasteiger partial charge in [0.2, 0.25) is 5.91 Å². The monoisotopic (exact) mass is 474 g/mol. The molecule has 182 valence electrons. The lowest BCUT2D eigenvalue weighted by Crippen LogP contribution is -2.41. The number of hydrogen-bond acceptors (Lipinski definition) is 6. The lowest BCUT2D eigenvalue weighted by Gasteiger charge is -2.24. The molecule has 1 aromatic carbocycles. The summed E-state index contributed by atoms with van der Waals surface area (Å²) in [6.07, 6.45) is 4.94. The molecule has 0 aliphatic heterocycles. The summed E-state index contributed by atoms with van der Waals surface area (Å²) in [7, 11) is 1.56. The van der Waals surface area contributed by atoms with Crippen LogP contribution in [0.5, 0.6) is 5.75 Å². The number of nitriles is 2. The number of nitrogens with one attached hydrogen (secondary N) is 2. The lowest BCUT2D eigenvalue weighted by atomic mass is 9.83. The topological polar surface area (TPSA) is 136 Å². The van der Waals surface area contributed by atoms with Crippen LogP contribution in [0.1, 0.15) is 68.3 Å². The summed E-state index contributed by atoms with van der Waals surface area (Å²) in [6.45, 7) is 0. The first-order valence-electron chi connectivity index (χ1n) is 12.2. The molecule has 35 heavy (non-hydrogen) atoms. The van der Waals surface area contributed by atoms with Gasteiger partial charge in [0.15, 0.2) is 5.78 Å². The number of H-pyrrole nitrogens is 1. The molecule has 8 nitrogen and oxygen atoms in total. The molecule has 1 heterocycles. The molecule has 8 heteroatoms. The van der Waals surface area contributed by atoms with Crippen molar-refractivity contribution in [2.45, 2.75) is 63.8 Å². The van der Waals surface area contributed by atoms with Crippen molar-refractivity contribution in [3.8, 4) is 17.9 Å². The average Bonchev–Trinajstić information content (AvgIpc) is 3.50. The van der Waals surface area contributed by atoms with Crippen LogP contribution in [0.15, 0.2) is 24.3 Å². The zero-order chi connectivity index (χ0) is 25.0. The minimum atomic E-state index is -0.804. The van der Waals surface area contributed by atoms with Crippen molar-refractivity contribution in [2.24, 2.45) is 17.3 Å². The minimum Gasteiger partial charge on any atom is -0.496 e. The van der Waals surface area contributed by atoms with E-state index in [1.165, 1.54) is 0 Å². The fourth-order valence-corrected chi connectivity index (χ4v) is 5.05. The second-order valence-electron chi connectivity index (χ2n) is 9.86. The van der Waals surface area contributed by atoms with E-state index in [2.05, 4.69) is 22.4 Å².